The summed E-state index contributed by atoms with van der Waals surface area (Å²) in [6.07, 6.45) is -8.13. The lowest BCUT2D eigenvalue weighted by atomic mass is 10.0. The number of pyridine rings is 1. The third-order valence-electron chi connectivity index (χ3n) is 5.41. The third-order valence-corrected chi connectivity index (χ3v) is 5.41. The summed E-state index contributed by atoms with van der Waals surface area (Å²) < 4.78 is 63.5. The van der Waals surface area contributed by atoms with Crippen molar-refractivity contribution in [3.05, 3.63) is 48.2 Å². The third kappa shape index (κ3) is 8.12. The van der Waals surface area contributed by atoms with Crippen molar-refractivity contribution < 1.29 is 46.1 Å². The SMILES string of the molecule is Cc1ccccc1-c1ccc(N2CC3CNCC3C2)cn1.O=C(O)C(F)(F)F.O=C(O)C(F)(F)F. The number of halogens is 6. The van der Waals surface area contributed by atoms with Crippen LogP contribution in [-0.2, 0) is 9.59 Å². The first-order valence-corrected chi connectivity index (χ1v) is 10.3. The lowest BCUT2D eigenvalue weighted by Crippen LogP contribution is -2.25. The molecule has 2 aliphatic rings. The normalized spacial score (nSPS) is 19.1. The minimum atomic E-state index is -5.08. The van der Waals surface area contributed by atoms with Crippen molar-refractivity contribution in [2.24, 2.45) is 11.8 Å². The molecule has 35 heavy (non-hydrogen) atoms. The van der Waals surface area contributed by atoms with E-state index in [-0.39, 0.29) is 0 Å². The quantitative estimate of drug-likeness (QED) is 0.529. The fourth-order valence-corrected chi connectivity index (χ4v) is 3.66. The van der Waals surface area contributed by atoms with Gasteiger partial charge in [0, 0.05) is 31.7 Å². The molecule has 0 radical (unpaired) electrons. The monoisotopic (exact) mass is 507 g/mol. The van der Waals surface area contributed by atoms with Crippen molar-refractivity contribution in [1.82, 2.24) is 10.3 Å². The first kappa shape index (κ1) is 27.9. The summed E-state index contributed by atoms with van der Waals surface area (Å²) in [5.74, 6) is -3.87. The van der Waals surface area contributed by atoms with Crippen molar-refractivity contribution in [3.8, 4) is 11.3 Å². The molecule has 192 valence electrons. The molecular formula is C22H23F6N3O4. The molecule has 1 aromatic heterocycles. The summed E-state index contributed by atoms with van der Waals surface area (Å²) in [6.45, 7) is 6.83. The average Bonchev–Trinajstić information content (AvgIpc) is 3.36. The number of alkyl halides is 6. The Morgan fingerprint density at radius 1 is 0.914 bits per heavy atom. The first-order chi connectivity index (χ1) is 16.2. The maximum absolute atomic E-state index is 10.6. The number of hydrogen-bond donors (Lipinski definition) is 3. The van der Waals surface area contributed by atoms with Crippen LogP contribution in [0.15, 0.2) is 42.6 Å². The average molecular weight is 507 g/mol. The number of benzene rings is 1. The van der Waals surface area contributed by atoms with Crippen LogP contribution in [0.25, 0.3) is 11.3 Å². The summed E-state index contributed by atoms with van der Waals surface area (Å²) >= 11 is 0. The van der Waals surface area contributed by atoms with Crippen LogP contribution in [0.2, 0.25) is 0 Å². The van der Waals surface area contributed by atoms with Crippen molar-refractivity contribution in [2.75, 3.05) is 31.1 Å². The fourth-order valence-electron chi connectivity index (χ4n) is 3.66. The Bertz CT molecular complexity index is 975. The van der Waals surface area contributed by atoms with E-state index in [9.17, 15) is 26.3 Å². The van der Waals surface area contributed by atoms with E-state index in [0.29, 0.717) is 0 Å². The molecule has 0 bridgehead atoms. The molecule has 2 unspecified atom stereocenters. The molecule has 2 atom stereocenters. The van der Waals surface area contributed by atoms with Crippen LogP contribution in [0.4, 0.5) is 32.0 Å². The van der Waals surface area contributed by atoms with Crippen LogP contribution in [0, 0.1) is 18.8 Å². The van der Waals surface area contributed by atoms with Gasteiger partial charge < -0.3 is 20.4 Å². The van der Waals surface area contributed by atoms with Crippen LogP contribution in [0.1, 0.15) is 5.56 Å². The Balaban J connectivity index is 0.000000257. The zero-order valence-electron chi connectivity index (χ0n) is 18.4. The van der Waals surface area contributed by atoms with E-state index < -0.39 is 24.3 Å². The van der Waals surface area contributed by atoms with Crippen LogP contribution in [0.3, 0.4) is 0 Å². The molecule has 2 saturated heterocycles. The minimum absolute atomic E-state index is 0.820. The maximum atomic E-state index is 10.6. The number of aryl methyl sites for hydroxylation is 1. The molecule has 0 aliphatic carbocycles. The Morgan fingerprint density at radius 3 is 1.80 bits per heavy atom. The second-order valence-corrected chi connectivity index (χ2v) is 7.91. The molecule has 0 amide bonds. The van der Waals surface area contributed by atoms with Gasteiger partial charge in [-0.25, -0.2) is 9.59 Å². The van der Waals surface area contributed by atoms with Crippen molar-refractivity contribution in [3.63, 3.8) is 0 Å². The molecule has 13 heteroatoms. The van der Waals surface area contributed by atoms with Gasteiger partial charge in [0.15, 0.2) is 0 Å². The predicted octanol–water partition coefficient (Wildman–Crippen LogP) is 3.98. The van der Waals surface area contributed by atoms with Crippen LogP contribution >= 0.6 is 0 Å². The lowest BCUT2D eigenvalue weighted by molar-refractivity contribution is -0.193. The standard InChI is InChI=1S/C18H21N3.2C2HF3O2/c1-13-4-2-3-5-17(13)18-7-6-16(10-20-18)21-11-14-8-19-9-15(14)12-21;2*3-2(4,5)1(6)7/h2-7,10,14-15,19H,8-9,11-12H2,1H3;2*(H,6,7). The zero-order chi connectivity index (χ0) is 26.4. The number of aliphatic carboxylic acids is 2. The topological polar surface area (TPSA) is 103 Å². The summed E-state index contributed by atoms with van der Waals surface area (Å²) in [4.78, 5) is 25.0. The highest BCUT2D eigenvalue weighted by atomic mass is 19.4. The molecule has 2 aliphatic heterocycles. The number of fused-ring (bicyclic) bond motifs is 1. The van der Waals surface area contributed by atoms with E-state index in [0.717, 1.165) is 17.5 Å². The highest BCUT2D eigenvalue weighted by Gasteiger charge is 2.39. The molecule has 0 saturated carbocycles. The van der Waals surface area contributed by atoms with E-state index in [2.05, 4.69) is 53.5 Å². The summed E-state index contributed by atoms with van der Waals surface area (Å²) in [7, 11) is 0. The number of anilines is 1. The van der Waals surface area contributed by atoms with Crippen molar-refractivity contribution in [1.29, 1.82) is 0 Å². The van der Waals surface area contributed by atoms with E-state index in [1.165, 1.54) is 43.0 Å². The summed E-state index contributed by atoms with van der Waals surface area (Å²) in [5.41, 5.74) is 4.84. The summed E-state index contributed by atoms with van der Waals surface area (Å²) in [5, 5.41) is 17.7. The van der Waals surface area contributed by atoms with Gasteiger partial charge in [0.05, 0.1) is 17.6 Å². The second-order valence-electron chi connectivity index (χ2n) is 7.91. The van der Waals surface area contributed by atoms with Crippen LogP contribution in [-0.4, -0.2) is 65.7 Å². The van der Waals surface area contributed by atoms with Crippen LogP contribution < -0.4 is 10.2 Å². The van der Waals surface area contributed by atoms with Gasteiger partial charge >= 0.3 is 24.3 Å². The molecule has 7 nitrogen and oxygen atoms in total. The number of hydrogen-bond acceptors (Lipinski definition) is 5. The van der Waals surface area contributed by atoms with E-state index in [1.54, 1.807) is 0 Å². The Labute approximate surface area is 196 Å². The largest absolute Gasteiger partial charge is 0.490 e. The molecule has 2 aromatic rings. The number of nitrogens with zero attached hydrogens (tertiary/aromatic N) is 2. The van der Waals surface area contributed by atoms with Crippen molar-refractivity contribution >= 4 is 17.6 Å². The molecule has 4 rings (SSSR count). The molecule has 0 spiro atoms. The molecule has 1 aromatic carbocycles. The van der Waals surface area contributed by atoms with Gasteiger partial charge in [-0.2, -0.15) is 26.3 Å². The first-order valence-electron chi connectivity index (χ1n) is 10.3. The van der Waals surface area contributed by atoms with Gasteiger partial charge in [0.1, 0.15) is 0 Å². The lowest BCUT2D eigenvalue weighted by Gasteiger charge is -2.19. The van der Waals surface area contributed by atoms with Gasteiger partial charge in [-0.15, -0.1) is 0 Å². The molecular weight excluding hydrogens is 484 g/mol. The number of nitrogens with one attached hydrogen (secondary N) is 1. The number of carboxylic acids is 2. The number of carboxylic acid groups (broad SMARTS) is 2. The second kappa shape index (κ2) is 11.4. The van der Waals surface area contributed by atoms with E-state index in [1.807, 2.05) is 6.20 Å². The van der Waals surface area contributed by atoms with Gasteiger partial charge in [-0.05, 0) is 36.5 Å². The van der Waals surface area contributed by atoms with Gasteiger partial charge in [0.2, 0.25) is 0 Å². The number of aromatic nitrogens is 1. The smallest absolute Gasteiger partial charge is 0.475 e. The van der Waals surface area contributed by atoms with Gasteiger partial charge in [-0.3, -0.25) is 4.98 Å². The van der Waals surface area contributed by atoms with Gasteiger partial charge in [-0.1, -0.05) is 24.3 Å². The highest BCUT2D eigenvalue weighted by Crippen LogP contribution is 2.31. The van der Waals surface area contributed by atoms with Gasteiger partial charge in [0.25, 0.3) is 0 Å². The number of carbonyl (C=O) groups is 2. The molecule has 3 N–H and O–H groups in total. The highest BCUT2D eigenvalue weighted by molar-refractivity contribution is 5.73. The van der Waals surface area contributed by atoms with Crippen LogP contribution in [0.5, 0.6) is 0 Å². The Morgan fingerprint density at radius 2 is 1.40 bits per heavy atom. The maximum Gasteiger partial charge on any atom is 0.490 e. The minimum Gasteiger partial charge on any atom is -0.475 e. The van der Waals surface area contributed by atoms with E-state index >= 15 is 0 Å². The number of rotatable bonds is 2. The van der Waals surface area contributed by atoms with E-state index in [4.69, 9.17) is 24.8 Å². The Kier molecular flexibility index (Phi) is 9.07. The zero-order valence-corrected chi connectivity index (χ0v) is 18.4. The summed E-state index contributed by atoms with van der Waals surface area (Å²) in [6, 6.07) is 12.8. The predicted molar refractivity (Wildman–Crippen MR) is 114 cm³/mol. The fraction of sp³-hybridized carbons (Fsp3) is 0.409. The molecule has 2 fully saturated rings. The molecule has 3 heterocycles. The Hall–Kier alpha value is -3.35. The van der Waals surface area contributed by atoms with Crippen molar-refractivity contribution in [2.45, 2.75) is 19.3 Å².